The summed E-state index contributed by atoms with van der Waals surface area (Å²) in [6.07, 6.45) is 2.64. The highest BCUT2D eigenvalue weighted by Crippen LogP contribution is 2.21. The zero-order valence-corrected chi connectivity index (χ0v) is 15.4. The highest BCUT2D eigenvalue weighted by atomic mass is 16.5. The van der Waals surface area contributed by atoms with Gasteiger partial charge in [0.05, 0.1) is 11.9 Å². The molecule has 0 atom stereocenters. The van der Waals surface area contributed by atoms with E-state index < -0.39 is 0 Å². The van der Waals surface area contributed by atoms with Crippen molar-refractivity contribution < 1.29 is 14.1 Å². The lowest BCUT2D eigenvalue weighted by atomic mass is 9.95. The van der Waals surface area contributed by atoms with Gasteiger partial charge in [-0.05, 0) is 31.9 Å². The third-order valence-corrected chi connectivity index (χ3v) is 4.73. The molecule has 0 unspecified atom stereocenters. The number of benzene rings is 1. The van der Waals surface area contributed by atoms with Crippen LogP contribution in [0.2, 0.25) is 0 Å². The average molecular weight is 380 g/mol. The zero-order valence-electron chi connectivity index (χ0n) is 15.4. The van der Waals surface area contributed by atoms with Gasteiger partial charge in [-0.25, -0.2) is 0 Å². The predicted molar refractivity (Wildman–Crippen MR) is 99.9 cm³/mol. The lowest BCUT2D eigenvalue weighted by Crippen LogP contribution is -2.41. The van der Waals surface area contributed by atoms with E-state index in [9.17, 15) is 9.59 Å². The number of amides is 2. The van der Waals surface area contributed by atoms with Crippen LogP contribution in [-0.2, 0) is 4.79 Å². The van der Waals surface area contributed by atoms with Crippen LogP contribution in [0.5, 0.6) is 0 Å². The molecule has 2 amide bonds. The second kappa shape index (κ2) is 7.63. The van der Waals surface area contributed by atoms with E-state index in [2.05, 4.69) is 20.7 Å². The number of piperidine rings is 1. The quantitative estimate of drug-likeness (QED) is 0.742. The Morgan fingerprint density at radius 3 is 2.61 bits per heavy atom. The van der Waals surface area contributed by atoms with Gasteiger partial charge in [0.2, 0.25) is 5.91 Å². The van der Waals surface area contributed by atoms with Crippen LogP contribution >= 0.6 is 0 Å². The van der Waals surface area contributed by atoms with E-state index >= 15 is 0 Å². The van der Waals surface area contributed by atoms with Gasteiger partial charge in [-0.1, -0.05) is 23.4 Å². The maximum atomic E-state index is 12.7. The van der Waals surface area contributed by atoms with Crippen LogP contribution in [0.1, 0.15) is 29.1 Å². The van der Waals surface area contributed by atoms with E-state index in [-0.39, 0.29) is 17.7 Å². The molecule has 1 fully saturated rings. The minimum absolute atomic E-state index is 0.101. The van der Waals surface area contributed by atoms with E-state index in [0.29, 0.717) is 43.2 Å². The van der Waals surface area contributed by atoms with Crippen molar-refractivity contribution in [3.63, 3.8) is 0 Å². The third kappa shape index (κ3) is 3.78. The number of nitrogens with one attached hydrogen (secondary N) is 1. The normalized spacial score (nSPS) is 14.8. The van der Waals surface area contributed by atoms with E-state index in [1.807, 2.05) is 30.3 Å². The van der Waals surface area contributed by atoms with Gasteiger partial charge in [0.25, 0.3) is 5.91 Å². The number of nitrogens with zero attached hydrogens (tertiary/aromatic N) is 5. The Morgan fingerprint density at radius 1 is 1.18 bits per heavy atom. The molecule has 1 aromatic carbocycles. The van der Waals surface area contributed by atoms with Gasteiger partial charge in [-0.3, -0.25) is 9.59 Å². The number of likely N-dealkylation sites (tertiary alicyclic amines) is 1. The summed E-state index contributed by atoms with van der Waals surface area (Å²) in [6, 6.07) is 11.1. The number of aryl methyl sites for hydroxylation is 1. The summed E-state index contributed by atoms with van der Waals surface area (Å²) in [7, 11) is 0. The van der Waals surface area contributed by atoms with Gasteiger partial charge in [0.15, 0.2) is 11.5 Å². The Hall–Kier alpha value is -3.49. The number of carbonyl (C=O) groups is 2. The molecule has 0 saturated carbocycles. The van der Waals surface area contributed by atoms with E-state index in [4.69, 9.17) is 4.52 Å². The van der Waals surface area contributed by atoms with Crippen molar-refractivity contribution in [2.45, 2.75) is 19.8 Å². The first-order valence-corrected chi connectivity index (χ1v) is 9.11. The van der Waals surface area contributed by atoms with Crippen LogP contribution in [0.4, 0.5) is 5.82 Å². The standard InChI is InChI=1S/C19H20N6O3/c1-13-11-17(23-28-13)21-18(26)14-7-9-24(10-8-14)19(27)16-12-20-25(22-16)15-5-3-2-4-6-15/h2-6,11-12,14H,7-10H2,1H3,(H,21,23,26). The van der Waals surface area contributed by atoms with E-state index in [1.54, 1.807) is 17.9 Å². The highest BCUT2D eigenvalue weighted by molar-refractivity contribution is 5.93. The van der Waals surface area contributed by atoms with Gasteiger partial charge < -0.3 is 14.7 Å². The number of para-hydroxylation sites is 1. The average Bonchev–Trinajstić information content (AvgIpc) is 3.37. The molecule has 0 spiro atoms. The Morgan fingerprint density at radius 2 is 1.93 bits per heavy atom. The number of anilines is 1. The number of hydrogen-bond donors (Lipinski definition) is 1. The second-order valence-corrected chi connectivity index (χ2v) is 6.73. The molecule has 1 aliphatic heterocycles. The van der Waals surface area contributed by atoms with Crippen molar-refractivity contribution >= 4 is 17.6 Å². The molecule has 3 heterocycles. The summed E-state index contributed by atoms with van der Waals surface area (Å²) < 4.78 is 4.95. The molecule has 4 rings (SSSR count). The van der Waals surface area contributed by atoms with Crippen LogP contribution < -0.4 is 5.32 Å². The Balaban J connectivity index is 1.34. The molecule has 0 aliphatic carbocycles. The SMILES string of the molecule is Cc1cc(NC(=O)C2CCN(C(=O)c3cnn(-c4ccccc4)n3)CC2)no1. The van der Waals surface area contributed by atoms with Crippen LogP contribution in [0.3, 0.4) is 0 Å². The highest BCUT2D eigenvalue weighted by Gasteiger charge is 2.29. The molecule has 0 bridgehead atoms. The van der Waals surface area contributed by atoms with Gasteiger partial charge in [-0.15, -0.1) is 5.10 Å². The summed E-state index contributed by atoms with van der Waals surface area (Å²) in [5.41, 5.74) is 1.09. The van der Waals surface area contributed by atoms with Crippen molar-refractivity contribution in [3.05, 3.63) is 54.0 Å². The maximum absolute atomic E-state index is 12.7. The van der Waals surface area contributed by atoms with Crippen molar-refractivity contribution in [1.82, 2.24) is 25.1 Å². The Labute approximate surface area is 161 Å². The lowest BCUT2D eigenvalue weighted by molar-refractivity contribution is -0.121. The fourth-order valence-electron chi connectivity index (χ4n) is 3.21. The predicted octanol–water partition coefficient (Wildman–Crippen LogP) is 2.05. The first-order valence-electron chi connectivity index (χ1n) is 9.11. The molecule has 2 aromatic heterocycles. The van der Waals surface area contributed by atoms with Gasteiger partial charge in [0, 0.05) is 25.1 Å². The fraction of sp³-hybridized carbons (Fsp3) is 0.316. The molecule has 0 radical (unpaired) electrons. The lowest BCUT2D eigenvalue weighted by Gasteiger charge is -2.30. The molecule has 1 saturated heterocycles. The first-order chi connectivity index (χ1) is 13.6. The molecular weight excluding hydrogens is 360 g/mol. The van der Waals surface area contributed by atoms with Crippen molar-refractivity contribution in [2.75, 3.05) is 18.4 Å². The number of carbonyl (C=O) groups excluding carboxylic acids is 2. The molecule has 1 N–H and O–H groups in total. The van der Waals surface area contributed by atoms with Crippen LogP contribution in [0.25, 0.3) is 5.69 Å². The molecule has 3 aromatic rings. The topological polar surface area (TPSA) is 106 Å². The van der Waals surface area contributed by atoms with Gasteiger partial charge >= 0.3 is 0 Å². The number of rotatable bonds is 4. The first kappa shape index (κ1) is 17.9. The third-order valence-electron chi connectivity index (χ3n) is 4.73. The fourth-order valence-corrected chi connectivity index (χ4v) is 3.21. The monoisotopic (exact) mass is 380 g/mol. The summed E-state index contributed by atoms with van der Waals surface area (Å²) in [6.45, 7) is 2.75. The minimum atomic E-state index is -0.173. The summed E-state index contributed by atoms with van der Waals surface area (Å²) in [5, 5.41) is 15.0. The smallest absolute Gasteiger partial charge is 0.276 e. The van der Waals surface area contributed by atoms with Crippen molar-refractivity contribution in [1.29, 1.82) is 0 Å². The summed E-state index contributed by atoms with van der Waals surface area (Å²) in [5.74, 6) is 0.613. The summed E-state index contributed by atoms with van der Waals surface area (Å²) >= 11 is 0. The number of aromatic nitrogens is 4. The summed E-state index contributed by atoms with van der Waals surface area (Å²) in [4.78, 5) is 28.2. The molecule has 28 heavy (non-hydrogen) atoms. The Bertz CT molecular complexity index is 972. The maximum Gasteiger partial charge on any atom is 0.276 e. The van der Waals surface area contributed by atoms with Gasteiger partial charge in [0.1, 0.15) is 5.76 Å². The molecule has 1 aliphatic rings. The molecular formula is C19H20N6O3. The zero-order chi connectivity index (χ0) is 19.5. The molecule has 9 heteroatoms. The molecule has 9 nitrogen and oxygen atoms in total. The van der Waals surface area contributed by atoms with Crippen LogP contribution in [0, 0.1) is 12.8 Å². The second-order valence-electron chi connectivity index (χ2n) is 6.73. The molecule has 144 valence electrons. The van der Waals surface area contributed by atoms with Crippen molar-refractivity contribution in [2.24, 2.45) is 5.92 Å². The van der Waals surface area contributed by atoms with Crippen LogP contribution in [-0.4, -0.2) is 50.0 Å². The Kier molecular flexibility index (Phi) is 4.88. The van der Waals surface area contributed by atoms with E-state index in [0.717, 1.165) is 5.69 Å². The van der Waals surface area contributed by atoms with Gasteiger partial charge in [-0.2, -0.15) is 9.90 Å². The largest absolute Gasteiger partial charge is 0.360 e. The van der Waals surface area contributed by atoms with E-state index in [1.165, 1.54) is 11.0 Å². The van der Waals surface area contributed by atoms with Crippen molar-refractivity contribution in [3.8, 4) is 5.69 Å². The number of hydrogen-bond acceptors (Lipinski definition) is 6. The minimum Gasteiger partial charge on any atom is -0.360 e. The van der Waals surface area contributed by atoms with Crippen LogP contribution in [0.15, 0.2) is 47.1 Å².